The number of allylic oxidation sites excluding steroid dienone is 1. The number of aliphatic imine (C=N–C) groups is 1. The molecule has 2 aromatic rings. The molecular formula is C23H27NO2. The van der Waals surface area contributed by atoms with E-state index in [1.165, 1.54) is 0 Å². The molecule has 26 heavy (non-hydrogen) atoms. The second-order valence-electron chi connectivity index (χ2n) is 7.13. The van der Waals surface area contributed by atoms with Crippen molar-refractivity contribution in [2.45, 2.75) is 45.3 Å². The fraction of sp³-hybridized carbons (Fsp3) is 0.304. The van der Waals surface area contributed by atoms with Crippen LogP contribution >= 0.6 is 0 Å². The van der Waals surface area contributed by atoms with Gasteiger partial charge in [0.05, 0.1) is 5.71 Å². The number of ether oxygens (including phenoxy) is 1. The molecule has 0 amide bonds. The number of rotatable bonds is 7. The number of hydrogen-bond acceptors (Lipinski definition) is 3. The monoisotopic (exact) mass is 349 g/mol. The van der Waals surface area contributed by atoms with Gasteiger partial charge in [0.2, 0.25) is 0 Å². The highest BCUT2D eigenvalue weighted by atomic mass is 16.6. The van der Waals surface area contributed by atoms with Crippen molar-refractivity contribution in [1.29, 1.82) is 0 Å². The van der Waals surface area contributed by atoms with Crippen LogP contribution in [0.5, 0.6) is 0 Å². The van der Waals surface area contributed by atoms with Crippen LogP contribution < -0.4 is 0 Å². The van der Waals surface area contributed by atoms with Crippen molar-refractivity contribution in [3.8, 4) is 0 Å². The van der Waals surface area contributed by atoms with Gasteiger partial charge in [0.25, 0.3) is 0 Å². The van der Waals surface area contributed by atoms with Gasteiger partial charge in [-0.3, -0.25) is 4.99 Å². The standard InChI is InChI=1S/C23H27NO2/c1-5-6-17-20(22(25)26-23(2,3)4)24-21(18-13-9-7-10-14-18)19-15-11-8-12-16-19/h5,7-16,20H,1,6,17H2,2-4H3/t20-/m0/s1. The first-order chi connectivity index (χ1) is 12.4. The minimum Gasteiger partial charge on any atom is -0.458 e. The molecule has 2 rings (SSSR count). The highest BCUT2D eigenvalue weighted by molar-refractivity contribution is 6.13. The van der Waals surface area contributed by atoms with E-state index in [4.69, 9.17) is 9.73 Å². The van der Waals surface area contributed by atoms with Gasteiger partial charge >= 0.3 is 5.97 Å². The summed E-state index contributed by atoms with van der Waals surface area (Å²) in [6.07, 6.45) is 3.07. The Morgan fingerprint density at radius 3 is 1.96 bits per heavy atom. The first-order valence-corrected chi connectivity index (χ1v) is 8.93. The van der Waals surface area contributed by atoms with Crippen LogP contribution in [0.1, 0.15) is 44.7 Å². The maximum atomic E-state index is 12.7. The first kappa shape index (κ1) is 19.6. The average Bonchev–Trinajstić information content (AvgIpc) is 2.62. The zero-order valence-electron chi connectivity index (χ0n) is 15.8. The number of carbonyl (C=O) groups excluding carboxylic acids is 1. The number of benzene rings is 2. The van der Waals surface area contributed by atoms with Gasteiger partial charge in [0.15, 0.2) is 0 Å². The Bertz CT molecular complexity index is 701. The highest BCUT2D eigenvalue weighted by Gasteiger charge is 2.25. The molecule has 0 fully saturated rings. The molecule has 1 atom stereocenters. The van der Waals surface area contributed by atoms with Crippen LogP contribution in [0.15, 0.2) is 78.3 Å². The fourth-order valence-electron chi connectivity index (χ4n) is 2.54. The molecule has 0 aromatic heterocycles. The Kier molecular flexibility index (Phi) is 6.90. The van der Waals surface area contributed by atoms with E-state index in [1.807, 2.05) is 81.4 Å². The second-order valence-corrected chi connectivity index (χ2v) is 7.13. The Hall–Kier alpha value is -2.68. The molecule has 2 aromatic carbocycles. The van der Waals surface area contributed by atoms with E-state index in [0.29, 0.717) is 12.8 Å². The first-order valence-electron chi connectivity index (χ1n) is 8.93. The molecule has 0 saturated carbocycles. The SMILES string of the molecule is C=CCC[C@H](N=C(c1ccccc1)c1ccccc1)C(=O)OC(C)(C)C. The quantitative estimate of drug-likeness (QED) is 0.391. The van der Waals surface area contributed by atoms with Gasteiger partial charge in [-0.15, -0.1) is 6.58 Å². The van der Waals surface area contributed by atoms with Gasteiger partial charge in [-0.2, -0.15) is 0 Å². The van der Waals surface area contributed by atoms with Gasteiger partial charge in [-0.25, -0.2) is 4.79 Å². The molecule has 0 aliphatic heterocycles. The molecule has 0 heterocycles. The molecule has 3 nitrogen and oxygen atoms in total. The Balaban J connectivity index is 2.45. The van der Waals surface area contributed by atoms with E-state index in [2.05, 4.69) is 6.58 Å². The Labute approximate surface area is 156 Å². The number of hydrogen-bond donors (Lipinski definition) is 0. The maximum Gasteiger partial charge on any atom is 0.331 e. The summed E-state index contributed by atoms with van der Waals surface area (Å²) >= 11 is 0. The van der Waals surface area contributed by atoms with Crippen LogP contribution in [-0.2, 0) is 9.53 Å². The third-order valence-corrected chi connectivity index (χ3v) is 3.70. The predicted molar refractivity (Wildman–Crippen MR) is 108 cm³/mol. The molecule has 0 spiro atoms. The molecule has 0 N–H and O–H groups in total. The summed E-state index contributed by atoms with van der Waals surface area (Å²) in [6, 6.07) is 19.3. The minimum absolute atomic E-state index is 0.302. The number of esters is 1. The smallest absolute Gasteiger partial charge is 0.331 e. The van der Waals surface area contributed by atoms with Crippen LogP contribution in [0.2, 0.25) is 0 Å². The average molecular weight is 349 g/mol. The zero-order chi connectivity index (χ0) is 19.0. The summed E-state index contributed by atoms with van der Waals surface area (Å²) in [6.45, 7) is 9.37. The Morgan fingerprint density at radius 2 is 1.54 bits per heavy atom. The largest absolute Gasteiger partial charge is 0.458 e. The van der Waals surface area contributed by atoms with Gasteiger partial charge in [-0.1, -0.05) is 66.7 Å². The number of carbonyl (C=O) groups is 1. The molecule has 0 aliphatic rings. The normalized spacial score (nSPS) is 12.1. The fourth-order valence-corrected chi connectivity index (χ4v) is 2.54. The van der Waals surface area contributed by atoms with E-state index in [0.717, 1.165) is 16.8 Å². The van der Waals surface area contributed by atoms with Crippen molar-refractivity contribution >= 4 is 11.7 Å². The van der Waals surface area contributed by atoms with E-state index in [1.54, 1.807) is 6.08 Å². The van der Waals surface area contributed by atoms with Gasteiger partial charge in [0.1, 0.15) is 11.6 Å². The van der Waals surface area contributed by atoms with Crippen molar-refractivity contribution in [2.24, 2.45) is 4.99 Å². The third-order valence-electron chi connectivity index (χ3n) is 3.70. The lowest BCUT2D eigenvalue weighted by molar-refractivity contribution is -0.156. The predicted octanol–water partition coefficient (Wildman–Crippen LogP) is 5.20. The van der Waals surface area contributed by atoms with Crippen LogP contribution in [-0.4, -0.2) is 23.3 Å². The minimum atomic E-state index is -0.567. The van der Waals surface area contributed by atoms with E-state index < -0.39 is 11.6 Å². The van der Waals surface area contributed by atoms with Crippen molar-refractivity contribution in [3.05, 3.63) is 84.4 Å². The topological polar surface area (TPSA) is 38.7 Å². The van der Waals surface area contributed by atoms with Crippen LogP contribution in [0.4, 0.5) is 0 Å². The summed E-state index contributed by atoms with van der Waals surface area (Å²) in [5.41, 5.74) is 2.21. The molecule has 0 aliphatic carbocycles. The summed E-state index contributed by atoms with van der Waals surface area (Å²) in [4.78, 5) is 17.5. The lowest BCUT2D eigenvalue weighted by Gasteiger charge is -2.23. The Morgan fingerprint density at radius 1 is 1.04 bits per heavy atom. The van der Waals surface area contributed by atoms with Crippen molar-refractivity contribution in [3.63, 3.8) is 0 Å². The molecular weight excluding hydrogens is 322 g/mol. The summed E-state index contributed by atoms with van der Waals surface area (Å²) in [5.74, 6) is -0.302. The zero-order valence-corrected chi connectivity index (χ0v) is 15.8. The number of nitrogens with zero attached hydrogens (tertiary/aromatic N) is 1. The maximum absolute atomic E-state index is 12.7. The van der Waals surface area contributed by atoms with Crippen molar-refractivity contribution in [2.75, 3.05) is 0 Å². The molecule has 3 heteroatoms. The van der Waals surface area contributed by atoms with Crippen LogP contribution in [0, 0.1) is 0 Å². The third kappa shape index (κ3) is 5.99. The van der Waals surface area contributed by atoms with Crippen molar-refractivity contribution < 1.29 is 9.53 Å². The summed E-state index contributed by atoms with van der Waals surface area (Å²) < 4.78 is 5.59. The van der Waals surface area contributed by atoms with Crippen LogP contribution in [0.25, 0.3) is 0 Å². The van der Waals surface area contributed by atoms with E-state index in [9.17, 15) is 4.79 Å². The van der Waals surface area contributed by atoms with Crippen LogP contribution in [0.3, 0.4) is 0 Å². The summed E-state index contributed by atoms with van der Waals surface area (Å²) in [5, 5.41) is 0. The lowest BCUT2D eigenvalue weighted by Crippen LogP contribution is -2.31. The molecule has 0 unspecified atom stereocenters. The molecule has 0 saturated heterocycles. The molecule has 136 valence electrons. The van der Waals surface area contributed by atoms with Crippen molar-refractivity contribution in [1.82, 2.24) is 0 Å². The van der Waals surface area contributed by atoms with Gasteiger partial charge < -0.3 is 4.74 Å². The lowest BCUT2D eigenvalue weighted by atomic mass is 10.0. The molecule has 0 radical (unpaired) electrons. The highest BCUT2D eigenvalue weighted by Crippen LogP contribution is 2.17. The second kappa shape index (κ2) is 9.14. The summed E-state index contributed by atoms with van der Waals surface area (Å²) in [7, 11) is 0. The van der Waals surface area contributed by atoms with E-state index in [-0.39, 0.29) is 5.97 Å². The molecule has 0 bridgehead atoms. The van der Waals surface area contributed by atoms with Gasteiger partial charge in [-0.05, 0) is 33.6 Å². The van der Waals surface area contributed by atoms with Gasteiger partial charge in [0, 0.05) is 11.1 Å². The van der Waals surface area contributed by atoms with E-state index >= 15 is 0 Å².